The first-order valence-electron chi connectivity index (χ1n) is 9.90. The molecule has 1 fully saturated rings. The maximum Gasteiger partial charge on any atom is 0.233 e. The van der Waals surface area contributed by atoms with Crippen LogP contribution in [-0.4, -0.2) is 39.3 Å². The Morgan fingerprint density at radius 3 is 2.71 bits per heavy atom. The number of benzene rings is 1. The molecule has 3 rings (SSSR count). The van der Waals surface area contributed by atoms with Crippen LogP contribution in [0.25, 0.3) is 0 Å². The van der Waals surface area contributed by atoms with Crippen LogP contribution in [0.15, 0.2) is 28.6 Å². The molecule has 1 aliphatic rings. The summed E-state index contributed by atoms with van der Waals surface area (Å²) in [6.45, 7) is 3.50. The minimum absolute atomic E-state index is 0.111. The van der Waals surface area contributed by atoms with Gasteiger partial charge in [0.25, 0.3) is 0 Å². The normalized spacial score (nSPS) is 14.8. The highest BCUT2D eigenvalue weighted by molar-refractivity contribution is 8.01. The number of thioether (sulfide) groups is 1. The average Bonchev–Trinajstić information content (AvgIpc) is 3.18. The molecule has 0 atom stereocenters. The number of rotatable bonds is 9. The highest BCUT2D eigenvalue weighted by Gasteiger charge is 2.26. The van der Waals surface area contributed by atoms with E-state index in [1.807, 2.05) is 4.90 Å². The molecule has 152 valence electrons. The zero-order chi connectivity index (χ0) is 19.8. The Balaban J connectivity index is 1.62. The van der Waals surface area contributed by atoms with Crippen LogP contribution in [0.2, 0.25) is 0 Å². The lowest BCUT2D eigenvalue weighted by molar-refractivity contribution is -0.132. The topological polar surface area (TPSA) is 58.1 Å². The molecule has 1 N–H and O–H groups in total. The van der Waals surface area contributed by atoms with E-state index in [1.165, 1.54) is 41.7 Å². The second-order valence-electron chi connectivity index (χ2n) is 7.03. The summed E-state index contributed by atoms with van der Waals surface area (Å²) < 4.78 is 14.0. The standard InChI is InChI=1S/C20H27FN4OS2/c1-2-12-22-19-23-24-20(28-19)27-14-18(26)25(17-6-4-3-5-7-17)13-15-8-10-16(21)11-9-15/h8-11,17H,2-7,12-14H2,1H3,(H,22,23). The maximum absolute atomic E-state index is 13.2. The number of nitrogens with zero attached hydrogens (tertiary/aromatic N) is 3. The minimum Gasteiger partial charge on any atom is -0.360 e. The van der Waals surface area contributed by atoms with E-state index < -0.39 is 0 Å². The van der Waals surface area contributed by atoms with Crippen molar-refractivity contribution in [1.29, 1.82) is 0 Å². The van der Waals surface area contributed by atoms with Gasteiger partial charge in [0, 0.05) is 19.1 Å². The molecule has 1 aromatic carbocycles. The van der Waals surface area contributed by atoms with Gasteiger partial charge in [-0.15, -0.1) is 10.2 Å². The summed E-state index contributed by atoms with van der Waals surface area (Å²) in [5, 5.41) is 12.3. The summed E-state index contributed by atoms with van der Waals surface area (Å²) >= 11 is 2.93. The molecule has 28 heavy (non-hydrogen) atoms. The van der Waals surface area contributed by atoms with E-state index in [0.29, 0.717) is 12.3 Å². The minimum atomic E-state index is -0.251. The molecule has 1 amide bonds. The Morgan fingerprint density at radius 1 is 1.25 bits per heavy atom. The molecule has 0 unspecified atom stereocenters. The molecule has 0 spiro atoms. The van der Waals surface area contributed by atoms with Gasteiger partial charge in [0.2, 0.25) is 11.0 Å². The predicted octanol–water partition coefficient (Wildman–Crippen LogP) is 4.95. The van der Waals surface area contributed by atoms with Crippen LogP contribution in [0.5, 0.6) is 0 Å². The number of hydrogen-bond donors (Lipinski definition) is 1. The SMILES string of the molecule is CCCNc1nnc(SCC(=O)N(Cc2ccc(F)cc2)C2CCCCC2)s1. The van der Waals surface area contributed by atoms with Gasteiger partial charge < -0.3 is 10.2 Å². The number of anilines is 1. The molecule has 0 radical (unpaired) electrons. The van der Waals surface area contributed by atoms with Crippen molar-refractivity contribution in [3.8, 4) is 0 Å². The molecule has 8 heteroatoms. The summed E-state index contributed by atoms with van der Waals surface area (Å²) in [6.07, 6.45) is 6.67. The Morgan fingerprint density at radius 2 is 2.00 bits per heavy atom. The van der Waals surface area contributed by atoms with Crippen LogP contribution in [0.1, 0.15) is 51.0 Å². The first kappa shape index (κ1) is 21.0. The number of aromatic nitrogens is 2. The molecule has 5 nitrogen and oxygen atoms in total. The van der Waals surface area contributed by atoms with Gasteiger partial charge in [0.15, 0.2) is 4.34 Å². The molecule has 1 saturated carbocycles. The van der Waals surface area contributed by atoms with Crippen LogP contribution in [-0.2, 0) is 11.3 Å². The number of amides is 1. The first-order chi connectivity index (χ1) is 13.7. The Bertz CT molecular complexity index is 747. The van der Waals surface area contributed by atoms with Gasteiger partial charge in [0.1, 0.15) is 5.82 Å². The number of halogens is 1. The van der Waals surface area contributed by atoms with Crippen molar-refractivity contribution in [2.45, 2.75) is 62.4 Å². The van der Waals surface area contributed by atoms with Gasteiger partial charge in [-0.1, -0.05) is 61.4 Å². The number of nitrogens with one attached hydrogen (secondary N) is 1. The van der Waals surface area contributed by atoms with E-state index in [-0.39, 0.29) is 17.8 Å². The van der Waals surface area contributed by atoms with E-state index in [0.717, 1.165) is 53.7 Å². The van der Waals surface area contributed by atoms with Gasteiger partial charge in [-0.3, -0.25) is 4.79 Å². The fraction of sp³-hybridized carbons (Fsp3) is 0.550. The third-order valence-corrected chi connectivity index (χ3v) is 6.85. The van der Waals surface area contributed by atoms with Crippen molar-refractivity contribution in [2.24, 2.45) is 0 Å². The number of carbonyl (C=O) groups excluding carboxylic acids is 1. The highest BCUT2D eigenvalue weighted by atomic mass is 32.2. The van der Waals surface area contributed by atoms with E-state index in [2.05, 4.69) is 22.4 Å². The zero-order valence-corrected chi connectivity index (χ0v) is 17.8. The van der Waals surface area contributed by atoms with Crippen LogP contribution in [0.3, 0.4) is 0 Å². The quantitative estimate of drug-likeness (QED) is 0.579. The van der Waals surface area contributed by atoms with Gasteiger partial charge >= 0.3 is 0 Å². The lowest BCUT2D eigenvalue weighted by Gasteiger charge is -2.34. The largest absolute Gasteiger partial charge is 0.360 e. The lowest BCUT2D eigenvalue weighted by atomic mass is 9.94. The van der Waals surface area contributed by atoms with Crippen LogP contribution >= 0.6 is 23.1 Å². The van der Waals surface area contributed by atoms with Crippen molar-refractivity contribution in [3.05, 3.63) is 35.6 Å². The molecule has 2 aromatic rings. The van der Waals surface area contributed by atoms with Crippen LogP contribution in [0, 0.1) is 5.82 Å². The fourth-order valence-corrected chi connectivity index (χ4v) is 5.04. The lowest BCUT2D eigenvalue weighted by Crippen LogP contribution is -2.41. The van der Waals surface area contributed by atoms with Gasteiger partial charge in [-0.25, -0.2) is 4.39 Å². The number of carbonyl (C=O) groups is 1. The molecule has 0 aliphatic heterocycles. The molecular weight excluding hydrogens is 395 g/mol. The second-order valence-corrected chi connectivity index (χ2v) is 9.23. The number of hydrogen-bond acceptors (Lipinski definition) is 6. The summed E-state index contributed by atoms with van der Waals surface area (Å²) in [4.78, 5) is 15.0. The van der Waals surface area contributed by atoms with E-state index >= 15 is 0 Å². The summed E-state index contributed by atoms with van der Waals surface area (Å²) in [5.41, 5.74) is 0.965. The molecule has 1 aromatic heterocycles. The third-order valence-electron chi connectivity index (χ3n) is 4.85. The predicted molar refractivity (Wildman–Crippen MR) is 113 cm³/mol. The maximum atomic E-state index is 13.2. The van der Waals surface area contributed by atoms with Crippen molar-refractivity contribution in [1.82, 2.24) is 15.1 Å². The monoisotopic (exact) mass is 422 g/mol. The average molecular weight is 423 g/mol. The molecule has 0 bridgehead atoms. The van der Waals surface area contributed by atoms with Crippen LogP contribution < -0.4 is 5.32 Å². The Hall–Kier alpha value is -1.67. The van der Waals surface area contributed by atoms with Crippen molar-refractivity contribution < 1.29 is 9.18 Å². The molecule has 1 aliphatic carbocycles. The smallest absolute Gasteiger partial charge is 0.233 e. The van der Waals surface area contributed by atoms with Gasteiger partial charge in [0.05, 0.1) is 5.75 Å². The van der Waals surface area contributed by atoms with Crippen molar-refractivity contribution in [3.63, 3.8) is 0 Å². The second kappa shape index (κ2) is 10.8. The highest BCUT2D eigenvalue weighted by Crippen LogP contribution is 2.28. The third kappa shape index (κ3) is 6.17. The summed E-state index contributed by atoms with van der Waals surface area (Å²) in [5.74, 6) is 0.207. The van der Waals surface area contributed by atoms with E-state index in [1.54, 1.807) is 12.1 Å². The van der Waals surface area contributed by atoms with Crippen molar-refractivity contribution in [2.75, 3.05) is 17.6 Å². The first-order valence-corrected chi connectivity index (χ1v) is 11.7. The Kier molecular flexibility index (Phi) is 8.09. The Labute approximate surface area is 174 Å². The van der Waals surface area contributed by atoms with Gasteiger partial charge in [-0.05, 0) is 37.0 Å². The zero-order valence-electron chi connectivity index (χ0n) is 16.2. The summed E-state index contributed by atoms with van der Waals surface area (Å²) in [7, 11) is 0. The van der Waals surface area contributed by atoms with E-state index in [4.69, 9.17) is 0 Å². The molecule has 0 saturated heterocycles. The van der Waals surface area contributed by atoms with Gasteiger partial charge in [-0.2, -0.15) is 0 Å². The molecular formula is C20H27FN4OS2. The fourth-order valence-electron chi connectivity index (χ4n) is 3.38. The molecule has 1 heterocycles. The van der Waals surface area contributed by atoms with E-state index in [9.17, 15) is 9.18 Å². The van der Waals surface area contributed by atoms with Crippen molar-refractivity contribution >= 4 is 34.1 Å². The van der Waals surface area contributed by atoms with Crippen LogP contribution in [0.4, 0.5) is 9.52 Å². The summed E-state index contributed by atoms with van der Waals surface area (Å²) in [6, 6.07) is 6.71.